The van der Waals surface area contributed by atoms with Gasteiger partial charge in [0.05, 0.1) is 11.8 Å². The molecular weight excluding hydrogens is 217 g/mol. The lowest BCUT2D eigenvalue weighted by Gasteiger charge is -2.11. The van der Waals surface area contributed by atoms with Crippen LogP contribution in [0.4, 0.5) is 10.1 Å². The maximum absolute atomic E-state index is 13.4. The van der Waals surface area contributed by atoms with Crippen molar-refractivity contribution in [3.63, 3.8) is 0 Å². The molecule has 0 aromatic heterocycles. The molecule has 2 nitrogen and oxygen atoms in total. The summed E-state index contributed by atoms with van der Waals surface area (Å²) in [6, 6.07) is 5.14. The Morgan fingerprint density at radius 1 is 1.47 bits per heavy atom. The maximum atomic E-state index is 13.4. The largest absolute Gasteiger partial charge is 0.383 e. The van der Waals surface area contributed by atoms with Crippen LogP contribution in [0.2, 0.25) is 0 Å². The zero-order valence-corrected chi connectivity index (χ0v) is 10.3. The number of ether oxygens (including phenoxy) is 1. The summed E-state index contributed by atoms with van der Waals surface area (Å²) in [5, 5.41) is 3.15. The van der Waals surface area contributed by atoms with Gasteiger partial charge < -0.3 is 10.1 Å². The summed E-state index contributed by atoms with van der Waals surface area (Å²) in [5.41, 5.74) is 1.69. The smallest absolute Gasteiger partial charge is 0.146 e. The fourth-order valence-corrected chi connectivity index (χ4v) is 2.20. The van der Waals surface area contributed by atoms with Gasteiger partial charge >= 0.3 is 0 Å². The van der Waals surface area contributed by atoms with Crippen molar-refractivity contribution in [2.24, 2.45) is 0 Å². The lowest BCUT2D eigenvalue weighted by atomic mass is 10.1. The molecule has 0 amide bonds. The van der Waals surface area contributed by atoms with Gasteiger partial charge in [-0.25, -0.2) is 4.39 Å². The van der Waals surface area contributed by atoms with Crippen molar-refractivity contribution in [3.05, 3.63) is 29.6 Å². The minimum absolute atomic E-state index is 0.173. The third-order valence-corrected chi connectivity index (χ3v) is 3.16. The molecule has 0 aliphatic carbocycles. The Hall–Kier alpha value is -1.09. The second-order valence-electron chi connectivity index (χ2n) is 4.69. The zero-order chi connectivity index (χ0) is 12.1. The molecule has 1 unspecified atom stereocenters. The molecule has 94 valence electrons. The number of hydrogen-bond donors (Lipinski definition) is 1. The molecule has 3 heteroatoms. The SMILES string of the molecule is Cc1ccc(F)c(NCCCC2CCCO2)c1. The van der Waals surface area contributed by atoms with Crippen LogP contribution < -0.4 is 5.32 Å². The van der Waals surface area contributed by atoms with E-state index in [0.29, 0.717) is 11.8 Å². The van der Waals surface area contributed by atoms with Crippen LogP contribution >= 0.6 is 0 Å². The van der Waals surface area contributed by atoms with E-state index in [1.807, 2.05) is 13.0 Å². The van der Waals surface area contributed by atoms with E-state index < -0.39 is 0 Å². The molecule has 0 spiro atoms. The van der Waals surface area contributed by atoms with Gasteiger partial charge in [0.15, 0.2) is 0 Å². The fraction of sp³-hybridized carbons (Fsp3) is 0.571. The highest BCUT2D eigenvalue weighted by atomic mass is 19.1. The van der Waals surface area contributed by atoms with Gasteiger partial charge in [-0.1, -0.05) is 6.07 Å². The number of hydrogen-bond acceptors (Lipinski definition) is 2. The number of anilines is 1. The lowest BCUT2D eigenvalue weighted by Crippen LogP contribution is -2.09. The van der Waals surface area contributed by atoms with Crippen LogP contribution in [0.3, 0.4) is 0 Å². The van der Waals surface area contributed by atoms with E-state index in [9.17, 15) is 4.39 Å². The standard InChI is InChI=1S/C14H20FNO/c1-11-6-7-13(15)14(10-11)16-8-2-4-12-5-3-9-17-12/h6-7,10,12,16H,2-5,8-9H2,1H3. The van der Waals surface area contributed by atoms with Crippen molar-refractivity contribution in [1.82, 2.24) is 0 Å². The minimum Gasteiger partial charge on any atom is -0.383 e. The number of halogens is 1. The molecule has 0 radical (unpaired) electrons. The predicted octanol–water partition coefficient (Wildman–Crippen LogP) is 3.51. The molecule has 2 rings (SSSR count). The van der Waals surface area contributed by atoms with Gasteiger partial charge in [-0.15, -0.1) is 0 Å². The van der Waals surface area contributed by atoms with E-state index in [0.717, 1.165) is 31.6 Å². The van der Waals surface area contributed by atoms with Crippen LogP contribution in [0.25, 0.3) is 0 Å². The second kappa shape index (κ2) is 6.01. The quantitative estimate of drug-likeness (QED) is 0.791. The molecule has 1 atom stereocenters. The molecule has 1 N–H and O–H groups in total. The zero-order valence-electron chi connectivity index (χ0n) is 10.3. The summed E-state index contributed by atoms with van der Waals surface area (Å²) in [4.78, 5) is 0. The van der Waals surface area contributed by atoms with Gasteiger partial charge in [-0.2, -0.15) is 0 Å². The highest BCUT2D eigenvalue weighted by Crippen LogP contribution is 2.18. The normalized spacial score (nSPS) is 19.5. The molecule has 17 heavy (non-hydrogen) atoms. The first-order valence-electron chi connectivity index (χ1n) is 6.37. The third kappa shape index (κ3) is 3.70. The van der Waals surface area contributed by atoms with Crippen LogP contribution in [-0.2, 0) is 4.74 Å². The van der Waals surface area contributed by atoms with Crippen molar-refractivity contribution >= 4 is 5.69 Å². The molecule has 1 aromatic carbocycles. The molecule has 1 aromatic rings. The fourth-order valence-electron chi connectivity index (χ4n) is 2.20. The van der Waals surface area contributed by atoms with E-state index in [4.69, 9.17) is 4.74 Å². The highest BCUT2D eigenvalue weighted by Gasteiger charge is 2.14. The molecule has 1 aliphatic rings. The van der Waals surface area contributed by atoms with Crippen LogP contribution in [-0.4, -0.2) is 19.3 Å². The number of benzene rings is 1. The summed E-state index contributed by atoms with van der Waals surface area (Å²) < 4.78 is 19.0. The molecule has 0 bridgehead atoms. The topological polar surface area (TPSA) is 21.3 Å². The first kappa shape index (κ1) is 12.4. The summed E-state index contributed by atoms with van der Waals surface area (Å²) in [5.74, 6) is -0.173. The van der Waals surface area contributed by atoms with Gasteiger partial charge in [-0.05, 0) is 50.3 Å². The van der Waals surface area contributed by atoms with Crippen molar-refractivity contribution in [1.29, 1.82) is 0 Å². The first-order chi connectivity index (χ1) is 8.25. The van der Waals surface area contributed by atoms with E-state index in [2.05, 4.69) is 5.32 Å². The van der Waals surface area contributed by atoms with Crippen LogP contribution in [0.1, 0.15) is 31.2 Å². The van der Waals surface area contributed by atoms with Gasteiger partial charge in [0, 0.05) is 13.2 Å². The molecule has 1 saturated heterocycles. The molecular formula is C14H20FNO. The highest BCUT2D eigenvalue weighted by molar-refractivity contribution is 5.46. The molecule has 1 fully saturated rings. The Kier molecular flexibility index (Phi) is 4.37. The lowest BCUT2D eigenvalue weighted by molar-refractivity contribution is 0.103. The van der Waals surface area contributed by atoms with E-state index in [1.54, 1.807) is 6.07 Å². The second-order valence-corrected chi connectivity index (χ2v) is 4.69. The van der Waals surface area contributed by atoms with E-state index in [-0.39, 0.29) is 5.82 Å². The van der Waals surface area contributed by atoms with Gasteiger partial charge in [0.25, 0.3) is 0 Å². The monoisotopic (exact) mass is 237 g/mol. The van der Waals surface area contributed by atoms with E-state index >= 15 is 0 Å². The number of aryl methyl sites for hydroxylation is 1. The van der Waals surface area contributed by atoms with Crippen molar-refractivity contribution in [2.75, 3.05) is 18.5 Å². The van der Waals surface area contributed by atoms with Crippen molar-refractivity contribution < 1.29 is 9.13 Å². The first-order valence-corrected chi connectivity index (χ1v) is 6.37. The molecule has 0 saturated carbocycles. The van der Waals surface area contributed by atoms with Gasteiger partial charge in [-0.3, -0.25) is 0 Å². The van der Waals surface area contributed by atoms with Crippen LogP contribution in [0.15, 0.2) is 18.2 Å². The Balaban J connectivity index is 1.72. The number of rotatable bonds is 5. The van der Waals surface area contributed by atoms with Gasteiger partial charge in [0.2, 0.25) is 0 Å². The van der Waals surface area contributed by atoms with Crippen molar-refractivity contribution in [3.8, 4) is 0 Å². The third-order valence-electron chi connectivity index (χ3n) is 3.16. The predicted molar refractivity (Wildman–Crippen MR) is 67.8 cm³/mol. The van der Waals surface area contributed by atoms with Crippen molar-refractivity contribution in [2.45, 2.75) is 38.7 Å². The van der Waals surface area contributed by atoms with E-state index in [1.165, 1.54) is 18.9 Å². The van der Waals surface area contributed by atoms with Crippen LogP contribution in [0.5, 0.6) is 0 Å². The molecule has 1 aliphatic heterocycles. The molecule has 1 heterocycles. The Morgan fingerprint density at radius 3 is 3.12 bits per heavy atom. The summed E-state index contributed by atoms with van der Waals surface area (Å²) >= 11 is 0. The average molecular weight is 237 g/mol. The number of nitrogens with one attached hydrogen (secondary N) is 1. The Labute approximate surface area is 102 Å². The Bertz CT molecular complexity index is 361. The average Bonchev–Trinajstić information content (AvgIpc) is 2.82. The van der Waals surface area contributed by atoms with Crippen LogP contribution in [0, 0.1) is 12.7 Å². The summed E-state index contributed by atoms with van der Waals surface area (Å²) in [6.45, 7) is 3.68. The van der Waals surface area contributed by atoms with Gasteiger partial charge in [0.1, 0.15) is 5.82 Å². The maximum Gasteiger partial charge on any atom is 0.146 e. The summed E-state index contributed by atoms with van der Waals surface area (Å²) in [7, 11) is 0. The minimum atomic E-state index is -0.173. The summed E-state index contributed by atoms with van der Waals surface area (Å²) in [6.07, 6.45) is 4.89. The Morgan fingerprint density at radius 2 is 2.35 bits per heavy atom.